The van der Waals surface area contributed by atoms with Crippen molar-refractivity contribution < 1.29 is 32.9 Å². The molecule has 0 aromatic heterocycles. The summed E-state index contributed by atoms with van der Waals surface area (Å²) < 4.78 is 23.7. The van der Waals surface area contributed by atoms with Gasteiger partial charge in [0, 0.05) is 6.42 Å². The second-order valence-corrected chi connectivity index (χ2v) is 23.2. The van der Waals surface area contributed by atoms with E-state index < -0.39 is 20.0 Å². The van der Waals surface area contributed by atoms with Gasteiger partial charge >= 0.3 is 7.82 Å². The summed E-state index contributed by atoms with van der Waals surface area (Å²) in [7, 11) is 1.56. The second kappa shape index (κ2) is 51.6. The normalized spacial score (nSPS) is 14.1. The molecule has 0 aliphatic rings. The van der Waals surface area contributed by atoms with Crippen molar-refractivity contribution in [1.29, 1.82) is 0 Å². The van der Waals surface area contributed by atoms with Gasteiger partial charge in [-0.3, -0.25) is 13.8 Å². The van der Waals surface area contributed by atoms with Gasteiger partial charge in [0.25, 0.3) is 0 Å². The lowest BCUT2D eigenvalue weighted by Gasteiger charge is -2.25. The molecule has 0 aliphatic carbocycles. The zero-order valence-corrected chi connectivity index (χ0v) is 47.5. The Morgan fingerprint density at radius 3 is 1.16 bits per heavy atom. The fraction of sp³-hybridized carbons (Fsp3) is 0.883. The number of rotatable bonds is 55. The number of phosphoric acid groups is 1. The Morgan fingerprint density at radius 2 is 0.797 bits per heavy atom. The molecule has 0 radical (unpaired) electrons. The molecule has 0 heterocycles. The number of phosphoric ester groups is 1. The first-order chi connectivity index (χ1) is 33.5. The van der Waals surface area contributed by atoms with Gasteiger partial charge in [0.15, 0.2) is 0 Å². The van der Waals surface area contributed by atoms with E-state index in [0.717, 1.165) is 44.9 Å². The number of likely N-dealkylation sites (N-methyl/N-ethyl adjacent to an activating group) is 1. The number of hydrogen-bond donors (Lipinski definition) is 3. The van der Waals surface area contributed by atoms with Crippen LogP contribution in [0.25, 0.3) is 0 Å². The molecule has 3 atom stereocenters. The third-order valence-corrected chi connectivity index (χ3v) is 14.6. The highest BCUT2D eigenvalue weighted by molar-refractivity contribution is 7.47. The first-order valence-electron chi connectivity index (χ1n) is 29.9. The molecular weight excluding hydrogens is 876 g/mol. The van der Waals surface area contributed by atoms with E-state index in [1.165, 1.54) is 225 Å². The Morgan fingerprint density at radius 1 is 0.478 bits per heavy atom. The van der Waals surface area contributed by atoms with Crippen molar-refractivity contribution in [3.8, 4) is 0 Å². The van der Waals surface area contributed by atoms with Crippen molar-refractivity contribution in [3.05, 3.63) is 36.5 Å². The summed E-state index contributed by atoms with van der Waals surface area (Å²) in [6.45, 7) is 4.80. The fourth-order valence-electron chi connectivity index (χ4n) is 8.90. The zero-order valence-electron chi connectivity index (χ0n) is 46.6. The molecule has 0 rings (SSSR count). The number of aliphatic hydroxyl groups is 1. The average Bonchev–Trinajstić information content (AvgIpc) is 3.31. The van der Waals surface area contributed by atoms with Gasteiger partial charge < -0.3 is 19.8 Å². The molecule has 0 saturated heterocycles. The van der Waals surface area contributed by atoms with Crippen LogP contribution in [0.5, 0.6) is 0 Å². The van der Waals surface area contributed by atoms with Crippen LogP contribution in [0.15, 0.2) is 36.5 Å². The van der Waals surface area contributed by atoms with Crippen LogP contribution in [0.4, 0.5) is 0 Å². The van der Waals surface area contributed by atoms with E-state index in [9.17, 15) is 19.4 Å². The maximum atomic E-state index is 13.0. The smallest absolute Gasteiger partial charge is 0.387 e. The Balaban J connectivity index is 4.04. The SMILES string of the molecule is CCCCCCC/C=C/CC/C=C/CC/C=C/C(O)C(COP(=O)(O)OCC[N+](C)(C)C)NC(=O)CCCCCCCCCCCCCCCCCCCCCCCCCCCCCCCCCC. The highest BCUT2D eigenvalue weighted by Gasteiger charge is 2.27. The molecule has 0 spiro atoms. The predicted molar refractivity (Wildman–Crippen MR) is 300 cm³/mol. The number of carbonyl (C=O) groups excluding carboxylic acids is 1. The van der Waals surface area contributed by atoms with Crippen LogP contribution in [0.3, 0.4) is 0 Å². The van der Waals surface area contributed by atoms with Crippen molar-refractivity contribution >= 4 is 13.7 Å². The van der Waals surface area contributed by atoms with Gasteiger partial charge in [-0.1, -0.05) is 275 Å². The number of allylic oxidation sites excluding steroid dienone is 5. The number of quaternary nitrogens is 1. The van der Waals surface area contributed by atoms with E-state index in [4.69, 9.17) is 9.05 Å². The molecule has 3 unspecified atom stereocenters. The standard InChI is InChI=1S/C60H117N2O6P/c1-6-8-10-12-14-16-18-20-22-23-24-25-26-27-28-29-30-31-32-33-34-35-36-37-38-40-42-44-46-48-50-52-54-60(64)61-58(57-68-69(65,66)67-56-55-62(3,4)5)59(63)53-51-49-47-45-43-41-39-21-19-17-15-13-11-9-7-2/h19,21,43,45,51,53,58-59,63H,6-18,20,22-42,44,46-50,52,54-57H2,1-5H3,(H-,61,64,65,66)/p+1/b21-19+,45-43+,53-51+. The molecule has 8 nitrogen and oxygen atoms in total. The van der Waals surface area contributed by atoms with E-state index >= 15 is 0 Å². The molecule has 0 aromatic rings. The van der Waals surface area contributed by atoms with E-state index in [-0.39, 0.29) is 19.1 Å². The molecule has 1 amide bonds. The quantitative estimate of drug-likeness (QED) is 0.0243. The first-order valence-corrected chi connectivity index (χ1v) is 31.4. The van der Waals surface area contributed by atoms with Gasteiger partial charge in [-0.15, -0.1) is 0 Å². The lowest BCUT2D eigenvalue weighted by atomic mass is 10.0. The second-order valence-electron chi connectivity index (χ2n) is 21.7. The van der Waals surface area contributed by atoms with Gasteiger partial charge in [0.2, 0.25) is 5.91 Å². The number of amides is 1. The van der Waals surface area contributed by atoms with E-state index in [2.05, 4.69) is 43.5 Å². The lowest BCUT2D eigenvalue weighted by molar-refractivity contribution is -0.870. The van der Waals surface area contributed by atoms with E-state index in [1.54, 1.807) is 6.08 Å². The van der Waals surface area contributed by atoms with Crippen LogP contribution in [0.1, 0.15) is 290 Å². The third-order valence-electron chi connectivity index (χ3n) is 13.6. The molecule has 69 heavy (non-hydrogen) atoms. The number of unbranched alkanes of at least 4 members (excludes halogenated alkanes) is 38. The maximum absolute atomic E-state index is 13.0. The van der Waals surface area contributed by atoms with Crippen LogP contribution in [0.2, 0.25) is 0 Å². The molecule has 0 saturated carbocycles. The van der Waals surface area contributed by atoms with Crippen molar-refractivity contribution in [2.24, 2.45) is 0 Å². The number of nitrogens with zero attached hydrogens (tertiary/aromatic N) is 1. The first kappa shape index (κ1) is 67.7. The molecule has 0 fully saturated rings. The highest BCUT2D eigenvalue weighted by Crippen LogP contribution is 2.43. The van der Waals surface area contributed by atoms with Crippen molar-refractivity contribution in [2.45, 2.75) is 302 Å². The minimum absolute atomic E-state index is 0.0550. The molecule has 408 valence electrons. The van der Waals surface area contributed by atoms with Crippen molar-refractivity contribution in [2.75, 3.05) is 40.9 Å². The molecule has 0 aromatic carbocycles. The van der Waals surface area contributed by atoms with Crippen LogP contribution in [-0.4, -0.2) is 73.4 Å². The highest BCUT2D eigenvalue weighted by atomic mass is 31.2. The minimum atomic E-state index is -4.35. The van der Waals surface area contributed by atoms with Crippen LogP contribution in [-0.2, 0) is 18.4 Å². The average molecular weight is 995 g/mol. The largest absolute Gasteiger partial charge is 0.472 e. The minimum Gasteiger partial charge on any atom is -0.387 e. The monoisotopic (exact) mass is 994 g/mol. The van der Waals surface area contributed by atoms with Gasteiger partial charge in [0.05, 0.1) is 39.9 Å². The van der Waals surface area contributed by atoms with Crippen molar-refractivity contribution in [3.63, 3.8) is 0 Å². The summed E-state index contributed by atoms with van der Waals surface area (Å²) >= 11 is 0. The Kier molecular flexibility index (Phi) is 50.7. The zero-order chi connectivity index (χ0) is 50.6. The van der Waals surface area contributed by atoms with Gasteiger partial charge in [0.1, 0.15) is 13.2 Å². The van der Waals surface area contributed by atoms with Gasteiger partial charge in [-0.25, -0.2) is 4.57 Å². The number of hydrogen-bond acceptors (Lipinski definition) is 5. The predicted octanol–water partition coefficient (Wildman–Crippen LogP) is 18.2. The summed E-state index contributed by atoms with van der Waals surface area (Å²) in [6, 6.07) is -0.867. The number of nitrogens with one attached hydrogen (secondary N) is 1. The molecule has 3 N–H and O–H groups in total. The maximum Gasteiger partial charge on any atom is 0.472 e. The summed E-state index contributed by atoms with van der Waals surface area (Å²) in [5.74, 6) is -0.186. The Bertz CT molecular complexity index is 1220. The number of aliphatic hydroxyl groups excluding tert-OH is 1. The van der Waals surface area contributed by atoms with E-state index in [1.807, 2.05) is 27.2 Å². The molecular formula is C60H118N2O6P+. The van der Waals surface area contributed by atoms with Crippen molar-refractivity contribution in [1.82, 2.24) is 5.32 Å². The Hall–Kier alpha value is -1.28. The summed E-state index contributed by atoms with van der Waals surface area (Å²) in [5.41, 5.74) is 0. The topological polar surface area (TPSA) is 105 Å². The van der Waals surface area contributed by atoms with Gasteiger partial charge in [-0.2, -0.15) is 0 Å². The summed E-state index contributed by atoms with van der Waals surface area (Å²) in [6.07, 6.45) is 67.0. The van der Waals surface area contributed by atoms with Gasteiger partial charge in [-0.05, 0) is 44.9 Å². The van der Waals surface area contributed by atoms with E-state index in [0.29, 0.717) is 17.4 Å². The summed E-state index contributed by atoms with van der Waals surface area (Å²) in [5, 5.41) is 13.9. The van der Waals surface area contributed by atoms with Crippen LogP contribution in [0, 0.1) is 0 Å². The summed E-state index contributed by atoms with van der Waals surface area (Å²) in [4.78, 5) is 23.3. The molecule has 9 heteroatoms. The van der Waals surface area contributed by atoms with Crippen LogP contribution >= 0.6 is 7.82 Å². The lowest BCUT2D eigenvalue weighted by Crippen LogP contribution is -2.45. The molecule has 0 aliphatic heterocycles. The third kappa shape index (κ3) is 54.3. The van der Waals surface area contributed by atoms with Crippen LogP contribution < -0.4 is 5.32 Å². The fourth-order valence-corrected chi connectivity index (χ4v) is 9.64. The molecule has 0 bridgehead atoms. The number of carbonyl (C=O) groups is 1. The Labute approximate surface area is 429 Å².